The lowest BCUT2D eigenvalue weighted by Gasteiger charge is -2.11. The monoisotopic (exact) mass is 424 g/mol. The van der Waals surface area contributed by atoms with Crippen LogP contribution in [0, 0.1) is 3.57 Å². The highest BCUT2D eigenvalue weighted by atomic mass is 127. The second-order valence-electron chi connectivity index (χ2n) is 4.68. The summed E-state index contributed by atoms with van der Waals surface area (Å²) in [6.07, 6.45) is 0. The third-order valence-corrected chi connectivity index (χ3v) is 4.21. The van der Waals surface area contributed by atoms with Gasteiger partial charge in [-0.3, -0.25) is 0 Å². The fourth-order valence-corrected chi connectivity index (χ4v) is 2.65. The molecule has 0 aliphatic carbocycles. The van der Waals surface area contributed by atoms with E-state index in [0.717, 1.165) is 0 Å². The van der Waals surface area contributed by atoms with E-state index in [0.29, 0.717) is 37.5 Å². The van der Waals surface area contributed by atoms with Crippen molar-refractivity contribution in [1.82, 2.24) is 0 Å². The number of hydrogen-bond acceptors (Lipinski definition) is 5. The molecule has 0 spiro atoms. The summed E-state index contributed by atoms with van der Waals surface area (Å²) in [5, 5.41) is 0.692. The molecular formula is C17H13IO5. The van der Waals surface area contributed by atoms with Crippen molar-refractivity contribution in [2.45, 2.75) is 0 Å². The number of methoxy groups -OCH3 is 2. The highest BCUT2D eigenvalue weighted by molar-refractivity contribution is 14.1. The van der Waals surface area contributed by atoms with E-state index in [1.165, 1.54) is 0 Å². The van der Waals surface area contributed by atoms with Crippen LogP contribution in [0.15, 0.2) is 51.7 Å². The predicted octanol–water partition coefficient (Wildman–Crippen LogP) is 4.21. The van der Waals surface area contributed by atoms with Crippen LogP contribution in [0.3, 0.4) is 0 Å². The fraction of sp³-hybridized carbons (Fsp3) is 0.118. The van der Waals surface area contributed by atoms with Crippen LogP contribution in [0.25, 0.3) is 11.0 Å². The van der Waals surface area contributed by atoms with Gasteiger partial charge in [-0.05, 0) is 46.9 Å². The lowest BCUT2D eigenvalue weighted by molar-refractivity contribution is 0.408. The van der Waals surface area contributed by atoms with Crippen molar-refractivity contribution in [1.29, 1.82) is 0 Å². The molecule has 0 saturated carbocycles. The summed E-state index contributed by atoms with van der Waals surface area (Å²) in [5.74, 6) is 2.30. The lowest BCUT2D eigenvalue weighted by Crippen LogP contribution is -2.06. The Balaban J connectivity index is 2.15. The molecule has 0 N–H and O–H groups in total. The molecule has 118 valence electrons. The Labute approximate surface area is 145 Å². The van der Waals surface area contributed by atoms with Crippen molar-refractivity contribution in [2.75, 3.05) is 14.2 Å². The van der Waals surface area contributed by atoms with E-state index in [4.69, 9.17) is 18.6 Å². The highest BCUT2D eigenvalue weighted by Gasteiger charge is 2.15. The number of ether oxygens (including phenoxy) is 3. The first-order valence-electron chi connectivity index (χ1n) is 6.74. The molecule has 0 unspecified atom stereocenters. The number of fused-ring (bicyclic) bond motifs is 1. The van der Waals surface area contributed by atoms with Crippen molar-refractivity contribution in [3.05, 3.63) is 56.5 Å². The lowest BCUT2D eigenvalue weighted by atomic mass is 10.2. The number of hydrogen-bond donors (Lipinski definition) is 0. The van der Waals surface area contributed by atoms with E-state index in [2.05, 4.69) is 0 Å². The summed E-state index contributed by atoms with van der Waals surface area (Å²) in [4.78, 5) is 12.0. The molecule has 0 amide bonds. The van der Waals surface area contributed by atoms with E-state index in [9.17, 15) is 4.79 Å². The first-order valence-corrected chi connectivity index (χ1v) is 7.82. The van der Waals surface area contributed by atoms with Crippen LogP contribution in [0.1, 0.15) is 0 Å². The van der Waals surface area contributed by atoms with Gasteiger partial charge in [0.1, 0.15) is 26.4 Å². The molecule has 0 fully saturated rings. The molecule has 5 nitrogen and oxygen atoms in total. The second kappa shape index (κ2) is 6.49. The summed E-state index contributed by atoms with van der Waals surface area (Å²) in [6, 6.07) is 12.4. The van der Waals surface area contributed by atoms with Gasteiger partial charge in [-0.25, -0.2) is 4.79 Å². The molecule has 0 bridgehead atoms. The minimum atomic E-state index is -0.454. The Hall–Kier alpha value is -2.22. The quantitative estimate of drug-likeness (QED) is 0.464. The minimum absolute atomic E-state index is 0.378. The van der Waals surface area contributed by atoms with E-state index in [-0.39, 0.29) is 0 Å². The van der Waals surface area contributed by atoms with Gasteiger partial charge in [0, 0.05) is 12.1 Å². The summed E-state index contributed by atoms with van der Waals surface area (Å²) < 4.78 is 22.0. The Morgan fingerprint density at radius 1 is 0.957 bits per heavy atom. The Morgan fingerprint density at radius 3 is 2.39 bits per heavy atom. The molecule has 0 saturated heterocycles. The van der Waals surface area contributed by atoms with Gasteiger partial charge in [0.25, 0.3) is 0 Å². The minimum Gasteiger partial charge on any atom is -0.497 e. The third-order valence-electron chi connectivity index (χ3n) is 3.28. The highest BCUT2D eigenvalue weighted by Crippen LogP contribution is 2.35. The van der Waals surface area contributed by atoms with Crippen molar-refractivity contribution in [2.24, 2.45) is 0 Å². The SMILES string of the molecule is COc1cccc(Oc2c(I)c(=O)oc3cc(OC)ccc23)c1. The van der Waals surface area contributed by atoms with Gasteiger partial charge < -0.3 is 18.6 Å². The standard InChI is InChI=1S/C17H13IO5/c1-20-10-4-3-5-12(8-10)22-16-13-7-6-11(21-2)9-14(13)23-17(19)15(16)18/h3-9H,1-2H3. The molecule has 1 heterocycles. The van der Waals surface area contributed by atoms with Crippen LogP contribution in [0.2, 0.25) is 0 Å². The molecular weight excluding hydrogens is 411 g/mol. The average Bonchev–Trinajstić information content (AvgIpc) is 2.58. The predicted molar refractivity (Wildman–Crippen MR) is 94.8 cm³/mol. The van der Waals surface area contributed by atoms with E-state index >= 15 is 0 Å². The van der Waals surface area contributed by atoms with Gasteiger partial charge in [0.2, 0.25) is 0 Å². The van der Waals surface area contributed by atoms with Crippen molar-refractivity contribution < 1.29 is 18.6 Å². The van der Waals surface area contributed by atoms with Crippen molar-refractivity contribution in [3.8, 4) is 23.0 Å². The van der Waals surface area contributed by atoms with E-state index < -0.39 is 5.63 Å². The molecule has 3 rings (SSSR count). The van der Waals surface area contributed by atoms with Gasteiger partial charge in [0.05, 0.1) is 19.6 Å². The number of halogens is 1. The van der Waals surface area contributed by atoms with Gasteiger partial charge >= 0.3 is 5.63 Å². The Kier molecular flexibility index (Phi) is 4.42. The zero-order valence-corrected chi connectivity index (χ0v) is 14.6. The maximum Gasteiger partial charge on any atom is 0.353 e. The number of benzene rings is 2. The maximum absolute atomic E-state index is 12.0. The number of rotatable bonds is 4. The van der Waals surface area contributed by atoms with Gasteiger partial charge in [-0.2, -0.15) is 0 Å². The maximum atomic E-state index is 12.0. The summed E-state index contributed by atoms with van der Waals surface area (Å²) in [5.41, 5.74) is -0.0445. The topological polar surface area (TPSA) is 57.9 Å². The van der Waals surface area contributed by atoms with Crippen LogP contribution in [0.4, 0.5) is 0 Å². The zero-order chi connectivity index (χ0) is 16.4. The molecule has 6 heteroatoms. The van der Waals surface area contributed by atoms with E-state index in [1.807, 2.05) is 34.7 Å². The molecule has 3 aromatic rings. The van der Waals surface area contributed by atoms with Crippen molar-refractivity contribution >= 4 is 33.6 Å². The summed E-state index contributed by atoms with van der Waals surface area (Å²) in [6.45, 7) is 0. The molecule has 0 radical (unpaired) electrons. The van der Waals surface area contributed by atoms with Gasteiger partial charge in [0.15, 0.2) is 5.75 Å². The fourth-order valence-electron chi connectivity index (χ4n) is 2.14. The first kappa shape index (κ1) is 15.7. The van der Waals surface area contributed by atoms with Crippen LogP contribution < -0.4 is 19.8 Å². The summed E-state index contributed by atoms with van der Waals surface area (Å²) >= 11 is 1.92. The Morgan fingerprint density at radius 2 is 1.65 bits per heavy atom. The second-order valence-corrected chi connectivity index (χ2v) is 5.75. The smallest absolute Gasteiger partial charge is 0.353 e. The Bertz CT molecular complexity index is 916. The molecule has 0 aliphatic rings. The molecule has 23 heavy (non-hydrogen) atoms. The largest absolute Gasteiger partial charge is 0.497 e. The van der Waals surface area contributed by atoms with Crippen LogP contribution in [0.5, 0.6) is 23.0 Å². The third kappa shape index (κ3) is 3.12. The van der Waals surface area contributed by atoms with Crippen LogP contribution in [-0.4, -0.2) is 14.2 Å². The zero-order valence-electron chi connectivity index (χ0n) is 12.5. The first-order chi connectivity index (χ1) is 11.1. The van der Waals surface area contributed by atoms with Crippen LogP contribution >= 0.6 is 22.6 Å². The molecule has 0 aliphatic heterocycles. The van der Waals surface area contributed by atoms with Gasteiger partial charge in [-0.1, -0.05) is 6.07 Å². The molecule has 2 aromatic carbocycles. The van der Waals surface area contributed by atoms with Crippen LogP contribution in [-0.2, 0) is 0 Å². The molecule has 0 atom stereocenters. The normalized spacial score (nSPS) is 10.6. The molecule has 1 aromatic heterocycles. The van der Waals surface area contributed by atoms with E-state index in [1.54, 1.807) is 44.6 Å². The average molecular weight is 424 g/mol. The summed E-state index contributed by atoms with van der Waals surface area (Å²) in [7, 11) is 3.14. The van der Waals surface area contributed by atoms with Crippen molar-refractivity contribution in [3.63, 3.8) is 0 Å². The van der Waals surface area contributed by atoms with Gasteiger partial charge in [-0.15, -0.1) is 0 Å².